The minimum absolute atomic E-state index is 0.111. The van der Waals surface area contributed by atoms with Crippen LogP contribution >= 0.6 is 0 Å². The Labute approximate surface area is 122 Å². The highest BCUT2D eigenvalue weighted by atomic mass is 16.5. The van der Waals surface area contributed by atoms with Gasteiger partial charge in [0.05, 0.1) is 19.8 Å². The van der Waals surface area contributed by atoms with Crippen LogP contribution in [0.3, 0.4) is 0 Å². The van der Waals surface area contributed by atoms with Gasteiger partial charge in [-0.1, -0.05) is 32.6 Å². The van der Waals surface area contributed by atoms with Crippen molar-refractivity contribution in [2.45, 2.75) is 71.0 Å². The summed E-state index contributed by atoms with van der Waals surface area (Å²) in [5, 5.41) is 17.8. The summed E-state index contributed by atoms with van der Waals surface area (Å²) < 4.78 is 10.5. The number of esters is 1. The zero-order valence-corrected chi connectivity index (χ0v) is 12.8. The molecule has 0 heterocycles. The zero-order chi connectivity index (χ0) is 15.2. The topological polar surface area (TPSA) is 76.0 Å². The minimum Gasteiger partial charge on any atom is -0.462 e. The Balaban J connectivity index is 3.75. The number of aliphatic hydroxyl groups excluding tert-OH is 2. The summed E-state index contributed by atoms with van der Waals surface area (Å²) in [5.41, 5.74) is 0. The van der Waals surface area contributed by atoms with Crippen molar-refractivity contribution in [2.24, 2.45) is 0 Å². The molecule has 5 nitrogen and oxygen atoms in total. The molecule has 0 spiro atoms. The first-order valence-electron chi connectivity index (χ1n) is 7.64. The Kier molecular flexibility index (Phi) is 12.9. The lowest BCUT2D eigenvalue weighted by atomic mass is 10.1. The lowest BCUT2D eigenvalue weighted by Crippen LogP contribution is -2.22. The standard InChI is InChI=1S/C15H30O5/c1-3-4-5-6-7-8-15(20-13(2)17)9-10-19-12-14(18)11-16/h14-16,18H,3-12H2,1-2H3/t14?,15-/m1/s1. The fourth-order valence-corrected chi connectivity index (χ4v) is 1.96. The number of ether oxygens (including phenoxy) is 2. The van der Waals surface area contributed by atoms with E-state index in [2.05, 4.69) is 6.92 Å². The van der Waals surface area contributed by atoms with Gasteiger partial charge in [-0.2, -0.15) is 0 Å². The maximum Gasteiger partial charge on any atom is 0.302 e. The first-order valence-corrected chi connectivity index (χ1v) is 7.64. The van der Waals surface area contributed by atoms with Crippen molar-refractivity contribution in [3.8, 4) is 0 Å². The van der Waals surface area contributed by atoms with Crippen LogP contribution in [0.5, 0.6) is 0 Å². The molecule has 0 fully saturated rings. The fraction of sp³-hybridized carbons (Fsp3) is 0.933. The molecule has 0 aromatic carbocycles. The summed E-state index contributed by atoms with van der Waals surface area (Å²) in [6, 6.07) is 0. The zero-order valence-electron chi connectivity index (χ0n) is 12.8. The van der Waals surface area contributed by atoms with Gasteiger partial charge < -0.3 is 19.7 Å². The number of rotatable bonds is 13. The molecule has 0 amide bonds. The second kappa shape index (κ2) is 13.3. The predicted molar refractivity (Wildman–Crippen MR) is 77.5 cm³/mol. The Bertz CT molecular complexity index is 232. The lowest BCUT2D eigenvalue weighted by Gasteiger charge is -2.17. The Morgan fingerprint density at radius 1 is 1.15 bits per heavy atom. The molecule has 5 heteroatoms. The Morgan fingerprint density at radius 3 is 2.45 bits per heavy atom. The van der Waals surface area contributed by atoms with Crippen molar-refractivity contribution in [3.63, 3.8) is 0 Å². The lowest BCUT2D eigenvalue weighted by molar-refractivity contribution is -0.147. The molecule has 0 rings (SSSR count). The van der Waals surface area contributed by atoms with Crippen LogP contribution in [0.2, 0.25) is 0 Å². The van der Waals surface area contributed by atoms with Gasteiger partial charge in [0.2, 0.25) is 0 Å². The van der Waals surface area contributed by atoms with Crippen LogP contribution < -0.4 is 0 Å². The maximum absolute atomic E-state index is 11.0. The van der Waals surface area contributed by atoms with E-state index in [0.29, 0.717) is 13.0 Å². The molecule has 0 aliphatic rings. The number of hydrogen-bond donors (Lipinski definition) is 2. The highest BCUT2D eigenvalue weighted by Gasteiger charge is 2.12. The fourth-order valence-electron chi connectivity index (χ4n) is 1.96. The van der Waals surface area contributed by atoms with Gasteiger partial charge in [-0.15, -0.1) is 0 Å². The molecule has 0 aliphatic carbocycles. The number of carbonyl (C=O) groups excluding carboxylic acids is 1. The van der Waals surface area contributed by atoms with Crippen LogP contribution in [0.4, 0.5) is 0 Å². The van der Waals surface area contributed by atoms with Crippen molar-refractivity contribution in [1.29, 1.82) is 0 Å². The second-order valence-corrected chi connectivity index (χ2v) is 5.13. The van der Waals surface area contributed by atoms with Gasteiger partial charge in [-0.25, -0.2) is 0 Å². The number of aliphatic hydroxyl groups is 2. The second-order valence-electron chi connectivity index (χ2n) is 5.13. The third-order valence-corrected chi connectivity index (χ3v) is 3.07. The van der Waals surface area contributed by atoms with Crippen LogP contribution in [-0.2, 0) is 14.3 Å². The molecule has 2 atom stereocenters. The quantitative estimate of drug-likeness (QED) is 0.401. The Hall–Kier alpha value is -0.650. The van der Waals surface area contributed by atoms with Crippen LogP contribution in [-0.4, -0.2) is 48.2 Å². The summed E-state index contributed by atoms with van der Waals surface area (Å²) in [7, 11) is 0. The average Bonchev–Trinajstić information content (AvgIpc) is 2.42. The average molecular weight is 290 g/mol. The third-order valence-electron chi connectivity index (χ3n) is 3.07. The van der Waals surface area contributed by atoms with E-state index in [0.717, 1.165) is 19.3 Å². The molecule has 0 saturated carbocycles. The van der Waals surface area contributed by atoms with Gasteiger partial charge in [0, 0.05) is 13.3 Å². The van der Waals surface area contributed by atoms with Crippen molar-refractivity contribution in [1.82, 2.24) is 0 Å². The summed E-state index contributed by atoms with van der Waals surface area (Å²) in [6.07, 6.45) is 6.45. The van der Waals surface area contributed by atoms with Gasteiger partial charge in [-0.3, -0.25) is 4.79 Å². The van der Waals surface area contributed by atoms with E-state index in [1.165, 1.54) is 26.2 Å². The molecule has 120 valence electrons. The van der Waals surface area contributed by atoms with E-state index in [9.17, 15) is 4.79 Å². The van der Waals surface area contributed by atoms with Gasteiger partial charge in [0.1, 0.15) is 12.2 Å². The number of hydrogen-bond acceptors (Lipinski definition) is 5. The van der Waals surface area contributed by atoms with Crippen LogP contribution in [0.15, 0.2) is 0 Å². The maximum atomic E-state index is 11.0. The molecular formula is C15H30O5. The molecule has 20 heavy (non-hydrogen) atoms. The molecule has 0 aromatic rings. The Morgan fingerprint density at radius 2 is 1.85 bits per heavy atom. The molecule has 0 bridgehead atoms. The molecule has 0 saturated heterocycles. The highest BCUT2D eigenvalue weighted by Crippen LogP contribution is 2.12. The monoisotopic (exact) mass is 290 g/mol. The summed E-state index contributed by atoms with van der Waals surface area (Å²) >= 11 is 0. The van der Waals surface area contributed by atoms with E-state index in [4.69, 9.17) is 19.7 Å². The van der Waals surface area contributed by atoms with E-state index >= 15 is 0 Å². The normalized spacial score (nSPS) is 14.0. The molecule has 2 N–H and O–H groups in total. The molecular weight excluding hydrogens is 260 g/mol. The molecule has 0 radical (unpaired) electrons. The number of unbranched alkanes of at least 4 members (excludes halogenated alkanes) is 4. The summed E-state index contributed by atoms with van der Waals surface area (Å²) in [6.45, 7) is 3.83. The summed E-state index contributed by atoms with van der Waals surface area (Å²) in [5.74, 6) is -0.265. The van der Waals surface area contributed by atoms with Crippen LogP contribution in [0, 0.1) is 0 Å². The van der Waals surface area contributed by atoms with Crippen molar-refractivity contribution >= 4 is 5.97 Å². The van der Waals surface area contributed by atoms with E-state index in [1.54, 1.807) is 0 Å². The highest BCUT2D eigenvalue weighted by molar-refractivity contribution is 5.66. The van der Waals surface area contributed by atoms with Gasteiger partial charge >= 0.3 is 5.97 Å². The van der Waals surface area contributed by atoms with Crippen molar-refractivity contribution < 1.29 is 24.5 Å². The van der Waals surface area contributed by atoms with Gasteiger partial charge in [0.25, 0.3) is 0 Å². The third kappa shape index (κ3) is 12.4. The van der Waals surface area contributed by atoms with Crippen molar-refractivity contribution in [2.75, 3.05) is 19.8 Å². The van der Waals surface area contributed by atoms with Crippen LogP contribution in [0.1, 0.15) is 58.8 Å². The number of carbonyl (C=O) groups is 1. The van der Waals surface area contributed by atoms with Gasteiger partial charge in [-0.05, 0) is 12.8 Å². The smallest absolute Gasteiger partial charge is 0.302 e. The van der Waals surface area contributed by atoms with Crippen molar-refractivity contribution in [3.05, 3.63) is 0 Å². The first kappa shape index (κ1) is 19.4. The molecule has 0 aromatic heterocycles. The van der Waals surface area contributed by atoms with E-state index in [1.807, 2.05) is 0 Å². The summed E-state index contributed by atoms with van der Waals surface area (Å²) in [4.78, 5) is 11.0. The van der Waals surface area contributed by atoms with Crippen LogP contribution in [0.25, 0.3) is 0 Å². The molecule has 1 unspecified atom stereocenters. The van der Waals surface area contributed by atoms with Gasteiger partial charge in [0.15, 0.2) is 0 Å². The predicted octanol–water partition coefficient (Wildman–Crippen LogP) is 2.04. The van der Waals surface area contributed by atoms with E-state index in [-0.39, 0.29) is 25.3 Å². The molecule has 0 aliphatic heterocycles. The van der Waals surface area contributed by atoms with E-state index < -0.39 is 6.10 Å². The SMILES string of the molecule is CCCCCCC[C@H](CCOCC(O)CO)OC(C)=O. The minimum atomic E-state index is -0.837. The first-order chi connectivity index (χ1) is 9.60. The largest absolute Gasteiger partial charge is 0.462 e.